The molecule has 0 aliphatic heterocycles. The molecule has 1 aliphatic carbocycles. The SMILES string of the molecule is CCNC(=NCc1ccc(C)cc1OC1CCCC1)NCC(=O)Nc1cccnc1. The van der Waals surface area contributed by atoms with Crippen molar-refractivity contribution in [3.05, 3.63) is 53.9 Å². The van der Waals surface area contributed by atoms with Gasteiger partial charge in [-0.25, -0.2) is 4.99 Å². The molecule has 30 heavy (non-hydrogen) atoms. The maximum absolute atomic E-state index is 12.2. The second-order valence-corrected chi connectivity index (χ2v) is 7.47. The summed E-state index contributed by atoms with van der Waals surface area (Å²) >= 11 is 0. The van der Waals surface area contributed by atoms with E-state index in [0.717, 1.165) is 24.2 Å². The second-order valence-electron chi connectivity index (χ2n) is 7.47. The zero-order valence-electron chi connectivity index (χ0n) is 17.8. The van der Waals surface area contributed by atoms with Gasteiger partial charge in [0.2, 0.25) is 5.91 Å². The molecule has 0 radical (unpaired) electrons. The van der Waals surface area contributed by atoms with Crippen LogP contribution < -0.4 is 20.7 Å². The van der Waals surface area contributed by atoms with Crippen LogP contribution in [0.15, 0.2) is 47.7 Å². The molecule has 1 heterocycles. The first-order chi connectivity index (χ1) is 14.6. The monoisotopic (exact) mass is 409 g/mol. The van der Waals surface area contributed by atoms with Crippen LogP contribution in [0.2, 0.25) is 0 Å². The molecule has 0 saturated heterocycles. The van der Waals surface area contributed by atoms with Gasteiger partial charge in [-0.1, -0.05) is 12.1 Å². The fraction of sp³-hybridized carbons (Fsp3) is 0.435. The molecule has 7 heteroatoms. The molecule has 160 valence electrons. The second kappa shape index (κ2) is 11.2. The smallest absolute Gasteiger partial charge is 0.243 e. The van der Waals surface area contributed by atoms with E-state index in [9.17, 15) is 4.79 Å². The number of aliphatic imine (C=N–C) groups is 1. The molecular formula is C23H31N5O2. The van der Waals surface area contributed by atoms with Crippen LogP contribution in [0.3, 0.4) is 0 Å². The Morgan fingerprint density at radius 2 is 2.07 bits per heavy atom. The number of aryl methyl sites for hydroxylation is 1. The summed E-state index contributed by atoms with van der Waals surface area (Å²) in [6.45, 7) is 5.35. The van der Waals surface area contributed by atoms with Gasteiger partial charge in [0.15, 0.2) is 5.96 Å². The van der Waals surface area contributed by atoms with Gasteiger partial charge in [0, 0.05) is 18.3 Å². The predicted octanol–water partition coefficient (Wildman–Crippen LogP) is 3.41. The van der Waals surface area contributed by atoms with Crippen molar-refractivity contribution < 1.29 is 9.53 Å². The first-order valence-corrected chi connectivity index (χ1v) is 10.6. The lowest BCUT2D eigenvalue weighted by molar-refractivity contribution is -0.115. The first-order valence-electron chi connectivity index (χ1n) is 10.6. The van der Waals surface area contributed by atoms with Gasteiger partial charge in [-0.3, -0.25) is 9.78 Å². The van der Waals surface area contributed by atoms with Gasteiger partial charge < -0.3 is 20.7 Å². The fourth-order valence-electron chi connectivity index (χ4n) is 3.40. The zero-order valence-corrected chi connectivity index (χ0v) is 17.8. The number of guanidine groups is 1. The summed E-state index contributed by atoms with van der Waals surface area (Å²) in [6, 6.07) is 9.82. The predicted molar refractivity (Wildman–Crippen MR) is 120 cm³/mol. The third-order valence-corrected chi connectivity index (χ3v) is 4.93. The molecule has 0 bridgehead atoms. The normalized spacial score (nSPS) is 14.4. The molecule has 0 spiro atoms. The number of benzene rings is 1. The van der Waals surface area contributed by atoms with Crippen LogP contribution >= 0.6 is 0 Å². The Kier molecular flexibility index (Phi) is 8.06. The number of carbonyl (C=O) groups excluding carboxylic acids is 1. The van der Waals surface area contributed by atoms with E-state index in [1.54, 1.807) is 24.5 Å². The van der Waals surface area contributed by atoms with Gasteiger partial charge >= 0.3 is 0 Å². The van der Waals surface area contributed by atoms with Crippen molar-refractivity contribution in [3.8, 4) is 5.75 Å². The van der Waals surface area contributed by atoms with Gasteiger partial charge in [-0.2, -0.15) is 0 Å². The Bertz CT molecular complexity index is 848. The lowest BCUT2D eigenvalue weighted by Gasteiger charge is -2.17. The van der Waals surface area contributed by atoms with Crippen molar-refractivity contribution in [1.29, 1.82) is 0 Å². The first kappa shape index (κ1) is 21.6. The van der Waals surface area contributed by atoms with E-state index in [2.05, 4.69) is 51.0 Å². The summed E-state index contributed by atoms with van der Waals surface area (Å²) in [7, 11) is 0. The van der Waals surface area contributed by atoms with Crippen LogP contribution in [0.1, 0.15) is 43.7 Å². The van der Waals surface area contributed by atoms with E-state index in [1.165, 1.54) is 18.4 Å². The number of hydrogen-bond acceptors (Lipinski definition) is 4. The maximum atomic E-state index is 12.2. The molecule has 0 atom stereocenters. The van der Waals surface area contributed by atoms with Crippen molar-refractivity contribution in [2.45, 2.75) is 52.2 Å². The van der Waals surface area contributed by atoms with Crippen molar-refractivity contribution in [2.24, 2.45) is 4.99 Å². The van der Waals surface area contributed by atoms with E-state index in [4.69, 9.17) is 4.74 Å². The fourth-order valence-corrected chi connectivity index (χ4v) is 3.40. The summed E-state index contributed by atoms with van der Waals surface area (Å²) in [6.07, 6.45) is 8.29. The van der Waals surface area contributed by atoms with Gasteiger partial charge in [0.05, 0.1) is 31.1 Å². The van der Waals surface area contributed by atoms with Gasteiger partial charge in [-0.05, 0) is 63.3 Å². The Balaban J connectivity index is 1.60. The molecule has 3 N–H and O–H groups in total. The number of pyridine rings is 1. The number of anilines is 1. The number of amides is 1. The average molecular weight is 410 g/mol. The molecule has 1 aromatic heterocycles. The highest BCUT2D eigenvalue weighted by Crippen LogP contribution is 2.28. The van der Waals surface area contributed by atoms with Crippen molar-refractivity contribution >= 4 is 17.6 Å². The molecule has 3 rings (SSSR count). The van der Waals surface area contributed by atoms with Gasteiger partial charge in [0.25, 0.3) is 0 Å². The van der Waals surface area contributed by atoms with Crippen LogP contribution in [0.4, 0.5) is 5.69 Å². The van der Waals surface area contributed by atoms with Crippen LogP contribution in [0, 0.1) is 6.92 Å². The number of rotatable bonds is 8. The summed E-state index contributed by atoms with van der Waals surface area (Å²) < 4.78 is 6.26. The Hall–Kier alpha value is -3.09. The molecule has 2 aromatic rings. The van der Waals surface area contributed by atoms with Crippen LogP contribution in [0.5, 0.6) is 5.75 Å². The quantitative estimate of drug-likeness (QED) is 0.459. The summed E-state index contributed by atoms with van der Waals surface area (Å²) in [5, 5.41) is 9.06. The van der Waals surface area contributed by atoms with Crippen molar-refractivity contribution in [1.82, 2.24) is 15.6 Å². The molecular weight excluding hydrogens is 378 g/mol. The third kappa shape index (κ3) is 6.76. The van der Waals surface area contributed by atoms with Crippen molar-refractivity contribution in [3.63, 3.8) is 0 Å². The molecule has 1 saturated carbocycles. The van der Waals surface area contributed by atoms with Crippen LogP contribution in [-0.4, -0.2) is 36.0 Å². The topological polar surface area (TPSA) is 87.6 Å². The van der Waals surface area contributed by atoms with E-state index in [-0.39, 0.29) is 12.5 Å². The molecule has 7 nitrogen and oxygen atoms in total. The highest BCUT2D eigenvalue weighted by Gasteiger charge is 2.18. The summed E-state index contributed by atoms with van der Waals surface area (Å²) in [5.41, 5.74) is 2.89. The minimum atomic E-state index is -0.158. The number of aromatic nitrogens is 1. The van der Waals surface area contributed by atoms with Crippen LogP contribution in [-0.2, 0) is 11.3 Å². The van der Waals surface area contributed by atoms with Crippen LogP contribution in [0.25, 0.3) is 0 Å². The Morgan fingerprint density at radius 3 is 2.80 bits per heavy atom. The molecule has 1 amide bonds. The number of ether oxygens (including phenoxy) is 1. The van der Waals surface area contributed by atoms with Gasteiger partial charge in [-0.15, -0.1) is 0 Å². The standard InChI is InChI=1S/C23H31N5O2/c1-3-25-23(27-16-22(29)28-19-7-6-12-24-15-19)26-14-18-11-10-17(2)13-21(18)30-20-8-4-5-9-20/h6-7,10-13,15,20H,3-5,8-9,14,16H2,1-2H3,(H,28,29)(H2,25,26,27). The number of hydrogen-bond donors (Lipinski definition) is 3. The van der Waals surface area contributed by atoms with Gasteiger partial charge in [0.1, 0.15) is 5.75 Å². The van der Waals surface area contributed by atoms with Crippen molar-refractivity contribution in [2.75, 3.05) is 18.4 Å². The Labute approximate surface area is 178 Å². The highest BCUT2D eigenvalue weighted by atomic mass is 16.5. The number of nitrogens with one attached hydrogen (secondary N) is 3. The molecule has 1 fully saturated rings. The minimum absolute atomic E-state index is 0.111. The van der Waals surface area contributed by atoms with E-state index >= 15 is 0 Å². The number of carbonyl (C=O) groups is 1. The molecule has 1 aromatic carbocycles. The average Bonchev–Trinajstić information content (AvgIpc) is 3.25. The zero-order chi connectivity index (χ0) is 21.2. The highest BCUT2D eigenvalue weighted by molar-refractivity contribution is 5.94. The molecule has 0 unspecified atom stereocenters. The maximum Gasteiger partial charge on any atom is 0.243 e. The number of nitrogens with zero attached hydrogens (tertiary/aromatic N) is 2. The lowest BCUT2D eigenvalue weighted by Crippen LogP contribution is -2.41. The minimum Gasteiger partial charge on any atom is -0.490 e. The lowest BCUT2D eigenvalue weighted by atomic mass is 10.1. The third-order valence-electron chi connectivity index (χ3n) is 4.93. The van der Waals surface area contributed by atoms with E-state index < -0.39 is 0 Å². The van der Waals surface area contributed by atoms with E-state index in [0.29, 0.717) is 30.8 Å². The summed E-state index contributed by atoms with van der Waals surface area (Å²) in [4.78, 5) is 20.8. The largest absolute Gasteiger partial charge is 0.490 e. The Morgan fingerprint density at radius 1 is 1.23 bits per heavy atom. The van der Waals surface area contributed by atoms with E-state index in [1.807, 2.05) is 6.92 Å². The summed E-state index contributed by atoms with van der Waals surface area (Å²) in [5.74, 6) is 1.34. The molecule has 1 aliphatic rings.